The Balaban J connectivity index is 2.29. The van der Waals surface area contributed by atoms with E-state index in [2.05, 4.69) is 22.5 Å². The zero-order chi connectivity index (χ0) is 16.9. The van der Waals surface area contributed by atoms with E-state index in [4.69, 9.17) is 4.74 Å². The van der Waals surface area contributed by atoms with Crippen molar-refractivity contribution in [3.8, 4) is 0 Å². The lowest BCUT2D eigenvalue weighted by molar-refractivity contribution is -0.127. The summed E-state index contributed by atoms with van der Waals surface area (Å²) in [5.41, 5.74) is 0. The average Bonchev–Trinajstić information content (AvgIpc) is 2.56. The Bertz CT molecular complexity index is 353. The molecule has 0 aromatic heterocycles. The summed E-state index contributed by atoms with van der Waals surface area (Å²) in [6, 6.07) is 0. The van der Waals surface area contributed by atoms with Crippen LogP contribution in [0, 0.1) is 0 Å². The average molecular weight is 326 g/mol. The van der Waals surface area contributed by atoms with Crippen molar-refractivity contribution in [3.05, 3.63) is 0 Å². The van der Waals surface area contributed by atoms with Crippen molar-refractivity contribution in [3.63, 3.8) is 0 Å². The van der Waals surface area contributed by atoms with Gasteiger partial charge < -0.3 is 20.3 Å². The van der Waals surface area contributed by atoms with Gasteiger partial charge >= 0.3 is 0 Å². The topological polar surface area (TPSA) is 66.0 Å². The monoisotopic (exact) mass is 326 g/mol. The van der Waals surface area contributed by atoms with E-state index < -0.39 is 0 Å². The highest BCUT2D eigenvalue weighted by molar-refractivity contribution is 5.84. The standard InChI is InChI=1S/C17H34N4O2/c1-4-5-11-18-17(20-14-16(22)21(2)3)19-12-8-10-15-9-6-7-13-23-15/h15H,4-14H2,1-3H3,(H2,18,19,20). The molecule has 0 spiro atoms. The molecule has 134 valence electrons. The molecule has 6 heteroatoms. The molecule has 0 radical (unpaired) electrons. The van der Waals surface area contributed by atoms with Gasteiger partial charge in [0.2, 0.25) is 5.91 Å². The number of amides is 1. The number of likely N-dealkylation sites (N-methyl/N-ethyl adjacent to an activating group) is 1. The maximum atomic E-state index is 11.7. The van der Waals surface area contributed by atoms with Gasteiger partial charge in [0.05, 0.1) is 6.10 Å². The molecule has 1 fully saturated rings. The Kier molecular flexibility index (Phi) is 10.4. The normalized spacial score (nSPS) is 18.6. The first-order valence-corrected chi connectivity index (χ1v) is 8.97. The molecule has 0 aromatic rings. The fourth-order valence-electron chi connectivity index (χ4n) is 2.42. The van der Waals surface area contributed by atoms with E-state index in [0.717, 1.165) is 51.3 Å². The maximum absolute atomic E-state index is 11.7. The number of hydrogen-bond donors (Lipinski definition) is 2. The highest BCUT2D eigenvalue weighted by Gasteiger charge is 2.13. The molecule has 0 aromatic carbocycles. The van der Waals surface area contributed by atoms with Gasteiger partial charge in [-0.1, -0.05) is 13.3 Å². The number of unbranched alkanes of at least 4 members (excludes halogenated alkanes) is 1. The molecule has 1 saturated heterocycles. The van der Waals surface area contributed by atoms with E-state index in [1.54, 1.807) is 19.0 Å². The van der Waals surface area contributed by atoms with E-state index in [9.17, 15) is 4.79 Å². The van der Waals surface area contributed by atoms with E-state index >= 15 is 0 Å². The number of nitrogens with zero attached hydrogens (tertiary/aromatic N) is 2. The van der Waals surface area contributed by atoms with Gasteiger partial charge in [0.25, 0.3) is 0 Å². The fourth-order valence-corrected chi connectivity index (χ4v) is 2.42. The number of rotatable bonds is 9. The summed E-state index contributed by atoms with van der Waals surface area (Å²) in [6.45, 7) is 4.99. The first-order valence-electron chi connectivity index (χ1n) is 8.97. The van der Waals surface area contributed by atoms with E-state index in [1.807, 2.05) is 0 Å². The first-order chi connectivity index (χ1) is 11.1. The molecule has 0 saturated carbocycles. The third-order valence-corrected chi connectivity index (χ3v) is 3.96. The van der Waals surface area contributed by atoms with Crippen molar-refractivity contribution >= 4 is 11.9 Å². The molecule has 2 N–H and O–H groups in total. The van der Waals surface area contributed by atoms with Gasteiger partial charge in [-0.15, -0.1) is 0 Å². The zero-order valence-corrected chi connectivity index (χ0v) is 15.1. The molecule has 1 atom stereocenters. The maximum Gasteiger partial charge on any atom is 0.243 e. The number of carbonyl (C=O) groups excluding carboxylic acids is 1. The predicted molar refractivity (Wildman–Crippen MR) is 94.7 cm³/mol. The van der Waals surface area contributed by atoms with Crippen LogP contribution in [0.1, 0.15) is 51.9 Å². The Morgan fingerprint density at radius 3 is 2.57 bits per heavy atom. The van der Waals surface area contributed by atoms with Crippen LogP contribution in [-0.4, -0.2) is 63.2 Å². The Hall–Kier alpha value is -1.30. The molecule has 1 aliphatic rings. The molecule has 1 rings (SSSR count). The van der Waals surface area contributed by atoms with E-state index in [-0.39, 0.29) is 12.5 Å². The second-order valence-corrected chi connectivity index (χ2v) is 6.29. The van der Waals surface area contributed by atoms with Gasteiger partial charge in [-0.25, -0.2) is 4.99 Å². The summed E-state index contributed by atoms with van der Waals surface area (Å²) in [5.74, 6) is 0.746. The van der Waals surface area contributed by atoms with Gasteiger partial charge in [-0.3, -0.25) is 4.79 Å². The second kappa shape index (κ2) is 12.2. The Labute approximate surface area is 141 Å². The van der Waals surface area contributed by atoms with Gasteiger partial charge in [0.1, 0.15) is 6.54 Å². The largest absolute Gasteiger partial charge is 0.378 e. The second-order valence-electron chi connectivity index (χ2n) is 6.29. The predicted octanol–water partition coefficient (Wildman–Crippen LogP) is 1.76. The highest BCUT2D eigenvalue weighted by atomic mass is 16.5. The highest BCUT2D eigenvalue weighted by Crippen LogP contribution is 2.16. The molecule has 1 amide bonds. The van der Waals surface area contributed by atoms with Crippen LogP contribution in [0.4, 0.5) is 0 Å². The van der Waals surface area contributed by atoms with Gasteiger partial charge in [-0.05, 0) is 38.5 Å². The minimum atomic E-state index is 0.0113. The number of nitrogens with one attached hydrogen (secondary N) is 2. The number of ether oxygens (including phenoxy) is 1. The smallest absolute Gasteiger partial charge is 0.243 e. The molecular formula is C17H34N4O2. The molecule has 23 heavy (non-hydrogen) atoms. The Morgan fingerprint density at radius 2 is 1.96 bits per heavy atom. The van der Waals surface area contributed by atoms with Crippen LogP contribution in [0.15, 0.2) is 4.99 Å². The number of carbonyl (C=O) groups is 1. The van der Waals surface area contributed by atoms with Gasteiger partial charge in [0.15, 0.2) is 5.96 Å². The molecule has 1 heterocycles. The lowest BCUT2D eigenvalue weighted by Gasteiger charge is -2.22. The van der Waals surface area contributed by atoms with Crippen molar-refractivity contribution in [2.75, 3.05) is 40.3 Å². The third kappa shape index (κ3) is 9.43. The molecular weight excluding hydrogens is 292 g/mol. The van der Waals surface area contributed by atoms with Crippen LogP contribution in [0.2, 0.25) is 0 Å². The van der Waals surface area contributed by atoms with Crippen molar-refractivity contribution in [1.82, 2.24) is 15.5 Å². The summed E-state index contributed by atoms with van der Waals surface area (Å²) in [6.07, 6.45) is 8.48. The summed E-state index contributed by atoms with van der Waals surface area (Å²) in [7, 11) is 3.50. The lowest BCUT2D eigenvalue weighted by atomic mass is 10.0. The van der Waals surface area contributed by atoms with Crippen molar-refractivity contribution < 1.29 is 9.53 Å². The molecule has 0 bridgehead atoms. The minimum Gasteiger partial charge on any atom is -0.378 e. The summed E-state index contributed by atoms with van der Waals surface area (Å²) in [4.78, 5) is 17.6. The zero-order valence-electron chi connectivity index (χ0n) is 15.1. The van der Waals surface area contributed by atoms with Crippen molar-refractivity contribution in [2.45, 2.75) is 58.0 Å². The molecule has 6 nitrogen and oxygen atoms in total. The van der Waals surface area contributed by atoms with Gasteiger partial charge in [0, 0.05) is 33.8 Å². The van der Waals surface area contributed by atoms with Crippen LogP contribution in [0.3, 0.4) is 0 Å². The summed E-state index contributed by atoms with van der Waals surface area (Å²) in [5, 5.41) is 6.62. The van der Waals surface area contributed by atoms with Gasteiger partial charge in [-0.2, -0.15) is 0 Å². The quantitative estimate of drug-likeness (QED) is 0.385. The fraction of sp³-hybridized carbons (Fsp3) is 0.882. The van der Waals surface area contributed by atoms with Crippen LogP contribution < -0.4 is 10.6 Å². The minimum absolute atomic E-state index is 0.0113. The van der Waals surface area contributed by atoms with Crippen LogP contribution in [0.25, 0.3) is 0 Å². The summed E-state index contributed by atoms with van der Waals surface area (Å²) >= 11 is 0. The number of hydrogen-bond acceptors (Lipinski definition) is 3. The first kappa shape index (κ1) is 19.7. The molecule has 1 unspecified atom stereocenters. The molecule has 1 aliphatic heterocycles. The van der Waals surface area contributed by atoms with E-state index in [1.165, 1.54) is 19.3 Å². The van der Waals surface area contributed by atoms with Crippen molar-refractivity contribution in [1.29, 1.82) is 0 Å². The Morgan fingerprint density at radius 1 is 1.22 bits per heavy atom. The SMILES string of the molecule is CCCCNC(=NCC(=O)N(C)C)NCCCC1CCCCO1. The van der Waals surface area contributed by atoms with Crippen LogP contribution >= 0.6 is 0 Å². The van der Waals surface area contributed by atoms with Crippen LogP contribution in [-0.2, 0) is 9.53 Å². The third-order valence-electron chi connectivity index (χ3n) is 3.96. The van der Waals surface area contributed by atoms with Crippen molar-refractivity contribution in [2.24, 2.45) is 4.99 Å². The number of guanidine groups is 1. The van der Waals surface area contributed by atoms with Crippen LogP contribution in [0.5, 0.6) is 0 Å². The number of aliphatic imine (C=N–C) groups is 1. The summed E-state index contributed by atoms with van der Waals surface area (Å²) < 4.78 is 5.75. The van der Waals surface area contributed by atoms with E-state index in [0.29, 0.717) is 6.10 Å². The molecule has 0 aliphatic carbocycles. The lowest BCUT2D eigenvalue weighted by Crippen LogP contribution is -2.39.